The van der Waals surface area contributed by atoms with Crippen LogP contribution >= 0.6 is 0 Å². The molecular formula is C16H14NO. The number of rotatable bonds is 3. The van der Waals surface area contributed by atoms with Gasteiger partial charge in [-0.3, -0.25) is 0 Å². The van der Waals surface area contributed by atoms with E-state index in [0.717, 1.165) is 11.1 Å². The molecule has 0 amide bonds. The molecule has 0 saturated heterocycles. The van der Waals surface area contributed by atoms with E-state index in [1.165, 1.54) is 11.1 Å². The summed E-state index contributed by atoms with van der Waals surface area (Å²) in [5, 5.41) is 1.09. The third kappa shape index (κ3) is 2.09. The van der Waals surface area contributed by atoms with E-state index >= 15 is 0 Å². The minimum Gasteiger partial charge on any atom is -0.489 e. The largest absolute Gasteiger partial charge is 0.489 e. The normalized spacial score (nSPS) is 10.7. The van der Waals surface area contributed by atoms with Crippen molar-refractivity contribution in [2.24, 2.45) is 7.05 Å². The fourth-order valence-electron chi connectivity index (χ4n) is 2.00. The van der Waals surface area contributed by atoms with E-state index in [1.54, 1.807) is 0 Å². The van der Waals surface area contributed by atoms with E-state index < -0.39 is 0 Å². The zero-order valence-corrected chi connectivity index (χ0v) is 10.3. The molecule has 89 valence electrons. The third-order valence-corrected chi connectivity index (χ3v) is 3.01. The molecule has 0 aliphatic carbocycles. The van der Waals surface area contributed by atoms with Crippen LogP contribution in [-0.2, 0) is 13.7 Å². The number of ether oxygens (including phenoxy) is 1. The van der Waals surface area contributed by atoms with Crippen LogP contribution in [0.15, 0.2) is 54.7 Å². The Labute approximate surface area is 106 Å². The Bertz CT molecular complexity index is 655. The Kier molecular flexibility index (Phi) is 2.77. The highest BCUT2D eigenvalue weighted by Gasteiger charge is 2.01. The van der Waals surface area contributed by atoms with Crippen LogP contribution in [0.2, 0.25) is 0 Å². The van der Waals surface area contributed by atoms with Gasteiger partial charge in [-0.25, -0.2) is 0 Å². The van der Waals surface area contributed by atoms with E-state index in [2.05, 4.69) is 28.8 Å². The molecule has 0 fully saturated rings. The molecule has 0 aliphatic rings. The molecule has 2 heteroatoms. The Morgan fingerprint density at radius 3 is 2.78 bits per heavy atom. The van der Waals surface area contributed by atoms with Gasteiger partial charge in [0.1, 0.15) is 12.4 Å². The van der Waals surface area contributed by atoms with E-state index in [9.17, 15) is 0 Å². The van der Waals surface area contributed by atoms with Crippen LogP contribution in [0, 0.1) is 6.07 Å². The van der Waals surface area contributed by atoms with Crippen LogP contribution in [0.5, 0.6) is 5.75 Å². The molecular weight excluding hydrogens is 222 g/mol. The van der Waals surface area contributed by atoms with Crippen molar-refractivity contribution in [2.75, 3.05) is 0 Å². The van der Waals surface area contributed by atoms with Gasteiger partial charge in [-0.1, -0.05) is 30.3 Å². The molecule has 3 aromatic rings. The summed E-state index contributed by atoms with van der Waals surface area (Å²) in [6.07, 6.45) is 1.94. The summed E-state index contributed by atoms with van der Waals surface area (Å²) in [6, 6.07) is 19.5. The molecule has 1 aromatic heterocycles. The third-order valence-electron chi connectivity index (χ3n) is 3.01. The van der Waals surface area contributed by atoms with Gasteiger partial charge in [0.05, 0.1) is 0 Å². The second-order valence-corrected chi connectivity index (χ2v) is 4.34. The number of benzene rings is 2. The molecule has 1 heterocycles. The summed E-state index contributed by atoms with van der Waals surface area (Å²) < 4.78 is 7.83. The number of aryl methyl sites for hydroxylation is 1. The topological polar surface area (TPSA) is 14.2 Å². The van der Waals surface area contributed by atoms with Crippen molar-refractivity contribution in [3.05, 3.63) is 66.4 Å². The summed E-state index contributed by atoms with van der Waals surface area (Å²) in [5.41, 5.74) is 2.34. The highest BCUT2D eigenvalue weighted by Crippen LogP contribution is 2.21. The lowest BCUT2D eigenvalue weighted by Crippen LogP contribution is -1.94. The first kappa shape index (κ1) is 10.9. The minimum atomic E-state index is 0.596. The number of hydrogen-bond acceptors (Lipinski definition) is 1. The van der Waals surface area contributed by atoms with Gasteiger partial charge in [-0.2, -0.15) is 0 Å². The zero-order chi connectivity index (χ0) is 12.4. The van der Waals surface area contributed by atoms with Gasteiger partial charge in [0, 0.05) is 30.2 Å². The van der Waals surface area contributed by atoms with Crippen molar-refractivity contribution in [3.63, 3.8) is 0 Å². The molecule has 0 aliphatic heterocycles. The molecule has 0 N–H and O–H groups in total. The van der Waals surface area contributed by atoms with Gasteiger partial charge in [0.25, 0.3) is 0 Å². The summed E-state index contributed by atoms with van der Waals surface area (Å²) >= 11 is 0. The molecule has 2 aromatic carbocycles. The van der Waals surface area contributed by atoms with Crippen molar-refractivity contribution < 1.29 is 4.74 Å². The van der Waals surface area contributed by atoms with Gasteiger partial charge in [-0.05, 0) is 23.8 Å². The predicted octanol–water partition coefficient (Wildman–Crippen LogP) is 3.56. The first-order chi connectivity index (χ1) is 8.83. The maximum atomic E-state index is 5.78. The number of nitrogens with zero attached hydrogens (tertiary/aromatic N) is 1. The van der Waals surface area contributed by atoms with Gasteiger partial charge < -0.3 is 9.30 Å². The van der Waals surface area contributed by atoms with Crippen molar-refractivity contribution in [2.45, 2.75) is 6.61 Å². The first-order valence-corrected chi connectivity index (χ1v) is 5.96. The summed E-state index contributed by atoms with van der Waals surface area (Å²) in [4.78, 5) is 0. The first-order valence-electron chi connectivity index (χ1n) is 5.96. The van der Waals surface area contributed by atoms with Crippen LogP contribution < -0.4 is 4.74 Å². The molecule has 0 unspecified atom stereocenters. The fourth-order valence-corrected chi connectivity index (χ4v) is 2.00. The van der Waals surface area contributed by atoms with Crippen LogP contribution in [0.3, 0.4) is 0 Å². The van der Waals surface area contributed by atoms with E-state index in [-0.39, 0.29) is 0 Å². The lowest BCUT2D eigenvalue weighted by atomic mass is 10.2. The SMILES string of the molecule is Cn1c[c]c2cc(OCc3ccccc3)ccc21. The van der Waals surface area contributed by atoms with Crippen LogP contribution in [0.25, 0.3) is 10.9 Å². The summed E-state index contributed by atoms with van der Waals surface area (Å²) in [6.45, 7) is 0.596. The van der Waals surface area contributed by atoms with Crippen LogP contribution in [0.1, 0.15) is 5.56 Å². The van der Waals surface area contributed by atoms with Crippen molar-refractivity contribution in [3.8, 4) is 5.75 Å². The van der Waals surface area contributed by atoms with Gasteiger partial charge in [0.15, 0.2) is 0 Å². The number of fused-ring (bicyclic) bond motifs is 1. The van der Waals surface area contributed by atoms with Crippen LogP contribution in [0.4, 0.5) is 0 Å². The standard InChI is InChI=1S/C16H14NO/c1-17-10-9-14-11-15(7-8-16(14)17)18-12-13-5-3-2-4-6-13/h2-8,10-11H,12H2,1H3. The van der Waals surface area contributed by atoms with Crippen LogP contribution in [-0.4, -0.2) is 4.57 Å². The molecule has 3 rings (SSSR count). The Morgan fingerprint density at radius 2 is 1.94 bits per heavy atom. The maximum Gasteiger partial charge on any atom is 0.120 e. The van der Waals surface area contributed by atoms with Gasteiger partial charge >= 0.3 is 0 Å². The summed E-state index contributed by atoms with van der Waals surface area (Å²) in [5.74, 6) is 0.883. The summed E-state index contributed by atoms with van der Waals surface area (Å²) in [7, 11) is 2.02. The average Bonchev–Trinajstić information content (AvgIpc) is 2.79. The second kappa shape index (κ2) is 4.57. The smallest absolute Gasteiger partial charge is 0.120 e. The van der Waals surface area contributed by atoms with Crippen molar-refractivity contribution >= 4 is 10.9 Å². The Balaban J connectivity index is 1.79. The molecule has 1 radical (unpaired) electrons. The van der Waals surface area contributed by atoms with Gasteiger partial charge in [-0.15, -0.1) is 0 Å². The lowest BCUT2D eigenvalue weighted by molar-refractivity contribution is 0.306. The number of aromatic nitrogens is 1. The predicted molar refractivity (Wildman–Crippen MR) is 72.5 cm³/mol. The lowest BCUT2D eigenvalue weighted by Gasteiger charge is -2.06. The molecule has 2 nitrogen and oxygen atoms in total. The average molecular weight is 236 g/mol. The fraction of sp³-hybridized carbons (Fsp3) is 0.125. The van der Waals surface area contributed by atoms with Crippen molar-refractivity contribution in [1.82, 2.24) is 4.57 Å². The Morgan fingerprint density at radius 1 is 1.11 bits per heavy atom. The van der Waals surface area contributed by atoms with Crippen molar-refractivity contribution in [1.29, 1.82) is 0 Å². The second-order valence-electron chi connectivity index (χ2n) is 4.34. The van der Waals surface area contributed by atoms with Gasteiger partial charge in [0.2, 0.25) is 0 Å². The molecule has 0 bridgehead atoms. The minimum absolute atomic E-state index is 0.596. The number of hydrogen-bond donors (Lipinski definition) is 0. The molecule has 0 atom stereocenters. The highest BCUT2D eigenvalue weighted by atomic mass is 16.5. The highest BCUT2D eigenvalue weighted by molar-refractivity contribution is 5.80. The quantitative estimate of drug-likeness (QED) is 0.678. The Hall–Kier alpha value is -2.22. The zero-order valence-electron chi connectivity index (χ0n) is 10.3. The van der Waals surface area contributed by atoms with E-state index in [1.807, 2.05) is 43.6 Å². The molecule has 18 heavy (non-hydrogen) atoms. The van der Waals surface area contributed by atoms with E-state index in [4.69, 9.17) is 4.74 Å². The monoisotopic (exact) mass is 236 g/mol. The molecule has 0 spiro atoms. The van der Waals surface area contributed by atoms with E-state index in [0.29, 0.717) is 6.61 Å². The molecule has 0 saturated carbocycles. The maximum absolute atomic E-state index is 5.78.